The van der Waals surface area contributed by atoms with Crippen molar-refractivity contribution in [3.8, 4) is 17.2 Å². The minimum atomic E-state index is -1.60. The average molecular weight is 1330 g/mol. The van der Waals surface area contributed by atoms with Crippen LogP contribution < -0.4 is 48.5 Å². The maximum absolute atomic E-state index is 14.8. The molecular weight excluding hydrogens is 1250 g/mol. The van der Waals surface area contributed by atoms with Crippen LogP contribution in [-0.2, 0) is 75.3 Å². The molecular formula is C68H87N9O15S2. The minimum absolute atomic E-state index is 0.0276. The molecule has 94 heavy (non-hydrogen) atoms. The molecule has 2 aliphatic rings. The number of para-hydroxylation sites is 1. The van der Waals surface area contributed by atoms with Crippen molar-refractivity contribution in [2.75, 3.05) is 23.8 Å². The summed E-state index contributed by atoms with van der Waals surface area (Å²) >= 11 is 2.52. The summed E-state index contributed by atoms with van der Waals surface area (Å²) in [6.45, 7) is 7.13. The van der Waals surface area contributed by atoms with Gasteiger partial charge in [-0.15, -0.1) is 11.8 Å². The largest absolute Gasteiger partial charge is 0.508 e. The lowest BCUT2D eigenvalue weighted by molar-refractivity contribution is -0.142. The number of Topliss-reactive ketones (excluding diaryl/α,β-unsaturated/α-hetero) is 2. The second-order valence-electron chi connectivity index (χ2n) is 24.2. The number of ketones is 2. The number of amides is 9. The van der Waals surface area contributed by atoms with Gasteiger partial charge in [-0.05, 0) is 97.0 Å². The number of phenolic OH excluding ortho intramolecular Hbond substituents is 1. The predicted octanol–water partition coefficient (Wildman–Crippen LogP) is 4.76. The monoisotopic (exact) mass is 1330 g/mol. The van der Waals surface area contributed by atoms with Crippen LogP contribution in [0.3, 0.4) is 0 Å². The molecule has 9 amide bonds. The van der Waals surface area contributed by atoms with Gasteiger partial charge in [0.25, 0.3) is 0 Å². The van der Waals surface area contributed by atoms with E-state index >= 15 is 0 Å². The lowest BCUT2D eigenvalue weighted by Crippen LogP contribution is -2.58. The van der Waals surface area contributed by atoms with Crippen LogP contribution in [0, 0.1) is 23.7 Å². The van der Waals surface area contributed by atoms with Crippen molar-refractivity contribution in [2.24, 2.45) is 40.9 Å². The van der Waals surface area contributed by atoms with Crippen LogP contribution >= 0.6 is 23.5 Å². The molecule has 26 heteroatoms. The molecule has 0 aliphatic carbocycles. The fraction of sp³-hybridized carbons (Fsp3) is 0.471. The van der Waals surface area contributed by atoms with E-state index in [2.05, 4.69) is 26.6 Å². The van der Waals surface area contributed by atoms with E-state index in [1.54, 1.807) is 68.1 Å². The van der Waals surface area contributed by atoms with Crippen LogP contribution in [0.15, 0.2) is 109 Å². The lowest BCUT2D eigenvalue weighted by atomic mass is 9.91. The smallest absolute Gasteiger partial charge is 0.316 e. The number of carbonyl (C=O) groups is 12. The summed E-state index contributed by atoms with van der Waals surface area (Å²) in [5, 5.41) is 23.8. The van der Waals surface area contributed by atoms with Crippen molar-refractivity contribution in [3.63, 3.8) is 0 Å². The normalized spacial score (nSPS) is 17.4. The molecule has 12 N–H and O–H groups in total. The molecule has 0 bridgehead atoms. The highest BCUT2D eigenvalue weighted by Crippen LogP contribution is 2.44. The number of hydrogen-bond acceptors (Lipinski definition) is 17. The highest BCUT2D eigenvalue weighted by atomic mass is 32.2. The summed E-state index contributed by atoms with van der Waals surface area (Å²) in [4.78, 5) is 166. The average Bonchev–Trinajstić information content (AvgIpc) is 1.62. The number of likely N-dealkylation sites (tertiary alicyclic amines) is 1. The fourth-order valence-electron chi connectivity index (χ4n) is 10.9. The Bertz CT molecular complexity index is 3270. The first-order valence-electron chi connectivity index (χ1n) is 31.6. The molecule has 24 nitrogen and oxygen atoms in total. The van der Waals surface area contributed by atoms with Crippen molar-refractivity contribution in [1.82, 2.24) is 31.5 Å². The van der Waals surface area contributed by atoms with E-state index in [1.165, 1.54) is 17.0 Å². The molecule has 0 saturated carbocycles. The molecule has 0 aromatic heterocycles. The van der Waals surface area contributed by atoms with E-state index in [4.69, 9.17) is 26.7 Å². The molecule has 4 aromatic rings. The third-order valence-electron chi connectivity index (χ3n) is 16.3. The van der Waals surface area contributed by atoms with Gasteiger partial charge in [0.05, 0.1) is 23.8 Å². The van der Waals surface area contributed by atoms with Crippen LogP contribution in [0.1, 0.15) is 120 Å². The Kier molecular flexibility index (Phi) is 29.4. The van der Waals surface area contributed by atoms with Gasteiger partial charge in [0, 0.05) is 67.7 Å². The van der Waals surface area contributed by atoms with E-state index in [-0.39, 0.29) is 80.1 Å². The summed E-state index contributed by atoms with van der Waals surface area (Å²) in [6, 6.07) is 24.1. The number of benzene rings is 4. The van der Waals surface area contributed by atoms with Crippen molar-refractivity contribution >= 4 is 94.2 Å². The number of phenols is 1. The third-order valence-corrected chi connectivity index (χ3v) is 18.8. The minimum Gasteiger partial charge on any atom is -0.508 e. The fourth-order valence-corrected chi connectivity index (χ4v) is 13.2. The number of thioether (sulfide) groups is 2. The summed E-state index contributed by atoms with van der Waals surface area (Å²) in [7, 11) is 0. The number of aromatic hydroxyl groups is 1. The Labute approximate surface area is 555 Å². The zero-order valence-electron chi connectivity index (χ0n) is 53.4. The Morgan fingerprint density at radius 2 is 1.29 bits per heavy atom. The highest BCUT2D eigenvalue weighted by Gasteiger charge is 2.41. The first kappa shape index (κ1) is 74.3. The maximum Gasteiger partial charge on any atom is 0.316 e. The maximum atomic E-state index is 14.8. The van der Waals surface area contributed by atoms with Gasteiger partial charge in [0.2, 0.25) is 53.2 Å². The Balaban J connectivity index is 1.18. The van der Waals surface area contributed by atoms with Gasteiger partial charge in [0.1, 0.15) is 48.0 Å². The number of nitrogens with zero attached hydrogens (tertiary/aromatic N) is 1. The molecule has 2 heterocycles. The van der Waals surface area contributed by atoms with Crippen LogP contribution in [0.5, 0.6) is 17.2 Å². The van der Waals surface area contributed by atoms with Crippen molar-refractivity contribution in [3.05, 3.63) is 126 Å². The molecule has 6 rings (SSSR count). The summed E-state index contributed by atoms with van der Waals surface area (Å²) in [6.07, 6.45) is -1.36. The molecule has 0 radical (unpaired) electrons. The van der Waals surface area contributed by atoms with Crippen LogP contribution in [0.25, 0.3) is 0 Å². The molecule has 2 saturated heterocycles. The quantitative estimate of drug-likeness (QED) is 0.0273. The van der Waals surface area contributed by atoms with Gasteiger partial charge in [-0.3, -0.25) is 57.5 Å². The highest BCUT2D eigenvalue weighted by molar-refractivity contribution is 8.00. The number of hydrogen-bond donors (Lipinski definition) is 9. The molecule has 4 aromatic carbocycles. The molecule has 2 aliphatic heterocycles. The van der Waals surface area contributed by atoms with E-state index in [1.807, 2.05) is 68.4 Å². The number of nitrogens with one attached hydrogen (secondary N) is 5. The van der Waals surface area contributed by atoms with Gasteiger partial charge in [-0.25, -0.2) is 0 Å². The number of nitrogens with two attached hydrogens (primary N) is 3. The Morgan fingerprint density at radius 3 is 1.93 bits per heavy atom. The van der Waals surface area contributed by atoms with E-state index in [9.17, 15) is 62.6 Å². The number of primary amides is 3. The van der Waals surface area contributed by atoms with Gasteiger partial charge in [0.15, 0.2) is 11.6 Å². The molecule has 0 spiro atoms. The summed E-state index contributed by atoms with van der Waals surface area (Å²) in [5.41, 5.74) is 18.8. The van der Waals surface area contributed by atoms with Gasteiger partial charge >= 0.3 is 5.97 Å². The molecule has 2 fully saturated rings. The number of carbonyl (C=O) groups excluding carboxylic acids is 12. The van der Waals surface area contributed by atoms with Gasteiger partial charge in [-0.1, -0.05) is 107 Å². The van der Waals surface area contributed by atoms with Gasteiger partial charge in [-0.2, -0.15) is 11.8 Å². The molecule has 506 valence electrons. The number of esters is 1. The summed E-state index contributed by atoms with van der Waals surface area (Å²) in [5.74, 6) is -10.6. The predicted molar refractivity (Wildman–Crippen MR) is 354 cm³/mol. The van der Waals surface area contributed by atoms with Crippen molar-refractivity contribution in [2.45, 2.75) is 153 Å². The van der Waals surface area contributed by atoms with Gasteiger partial charge < -0.3 is 63.3 Å². The zero-order valence-corrected chi connectivity index (χ0v) is 55.1. The second-order valence-corrected chi connectivity index (χ2v) is 26.4. The topological polar surface area (TPSA) is 385 Å². The van der Waals surface area contributed by atoms with E-state index in [0.717, 1.165) is 22.9 Å². The molecule has 10 atom stereocenters. The summed E-state index contributed by atoms with van der Waals surface area (Å²) < 4.78 is 11.4. The third kappa shape index (κ3) is 24.0. The number of ether oxygens (including phenoxy) is 2. The van der Waals surface area contributed by atoms with Crippen LogP contribution in [-0.4, -0.2) is 141 Å². The SMILES string of the molecule is CC[C@H](C)C(NC(=O)[C@H](Cc1ccc(O)cc1)NC(=O)C1CSC(c2ccc(Oc3ccccc3)cc2)C1)C(=O)NC(CCC(N)=O)C(=O)CC(CC(N)=O)C(=O)N[C@@H](CSCC(=O)OCc1ccccc1)C(=O)N1CCCC1C(=O)N[C@@H](CC(C)C)C(=O)CCC(N)=O. The van der Waals surface area contributed by atoms with Crippen LogP contribution in [0.4, 0.5) is 0 Å². The van der Waals surface area contributed by atoms with E-state index < -0.39 is 144 Å². The Morgan fingerprint density at radius 1 is 0.649 bits per heavy atom. The molecule has 6 unspecified atom stereocenters. The first-order valence-corrected chi connectivity index (χ1v) is 33.8. The Hall–Kier alpha value is -8.78. The first-order chi connectivity index (χ1) is 44.9. The van der Waals surface area contributed by atoms with Crippen molar-refractivity contribution < 1.29 is 72.1 Å². The van der Waals surface area contributed by atoms with E-state index in [0.29, 0.717) is 42.1 Å². The standard InChI is InChI=1S/C68H87N9O15S2/c1-5-41(4)62(76-65(87)52(32-42-18-22-47(78)23-19-42)74-64(86)46-34-57(94-37-46)44-20-24-49(25-21-44)92-48-15-10-7-11-16-48)67(89)72-50(26-28-58(69)81)56(80)33-45(35-60(71)83)63(85)75-53(38-93-39-61(84)91-36-43-13-8-6-9-14-43)68(90)77-30-12-17-54(77)66(88)73-51(31-40(2)3)55(79)27-29-59(70)82/h6-11,13-16,18-25,40-41,45-46,50-54,57,62,78H,5,12,17,26-39H2,1-4H3,(H2,69,81)(H2,70,82)(H2,71,83)(H,72,89)(H,73,88)(H,74,86)(H,75,85)(H,76,87)/t41-,45?,46?,50?,51-,52-,53-,54?,57?,62?/m0/s1. The van der Waals surface area contributed by atoms with Crippen LogP contribution in [0.2, 0.25) is 0 Å². The number of rotatable bonds is 38. The van der Waals surface area contributed by atoms with Crippen molar-refractivity contribution in [1.29, 1.82) is 0 Å². The lowest BCUT2D eigenvalue weighted by Gasteiger charge is -2.31. The second kappa shape index (κ2) is 37.2. The zero-order chi connectivity index (χ0) is 68.4.